The zero-order chi connectivity index (χ0) is 14.5. The number of halogens is 2. The monoisotopic (exact) mass is 297 g/mol. The van der Waals surface area contributed by atoms with Crippen molar-refractivity contribution in [3.63, 3.8) is 0 Å². The number of rotatable bonds is 6. The van der Waals surface area contributed by atoms with Gasteiger partial charge in [0.15, 0.2) is 23.3 Å². The molecule has 108 valence electrons. The van der Waals surface area contributed by atoms with E-state index in [0.29, 0.717) is 13.1 Å². The molecule has 0 aliphatic heterocycles. The first-order valence-electron chi connectivity index (χ1n) is 6.45. The first-order chi connectivity index (χ1) is 9.61. The number of hydrogen-bond donors (Lipinski definition) is 1. The van der Waals surface area contributed by atoms with E-state index in [1.165, 1.54) is 0 Å². The summed E-state index contributed by atoms with van der Waals surface area (Å²) in [4.78, 5) is 6.84. The summed E-state index contributed by atoms with van der Waals surface area (Å²) >= 11 is 1.59. The number of thiophene rings is 1. The molecule has 0 aromatic carbocycles. The lowest BCUT2D eigenvalue weighted by atomic mass is 10.3. The normalized spacial score (nSPS) is 10.6. The molecule has 20 heavy (non-hydrogen) atoms. The third-order valence-corrected chi connectivity index (χ3v) is 3.65. The van der Waals surface area contributed by atoms with Gasteiger partial charge in [-0.25, -0.2) is 13.8 Å². The molecule has 1 N–H and O–H groups in total. The third-order valence-electron chi connectivity index (χ3n) is 2.79. The molecule has 0 saturated carbocycles. The second-order valence-corrected chi connectivity index (χ2v) is 5.52. The van der Waals surface area contributed by atoms with E-state index in [4.69, 9.17) is 0 Å². The van der Waals surface area contributed by atoms with Gasteiger partial charge in [0, 0.05) is 24.5 Å². The predicted octanol–water partition coefficient (Wildman–Crippen LogP) is 3.88. The van der Waals surface area contributed by atoms with Crippen LogP contribution in [0.2, 0.25) is 0 Å². The topological polar surface area (TPSA) is 28.2 Å². The van der Waals surface area contributed by atoms with Crippen molar-refractivity contribution in [1.29, 1.82) is 0 Å². The zero-order valence-corrected chi connectivity index (χ0v) is 12.3. The van der Waals surface area contributed by atoms with Crippen LogP contribution in [0.25, 0.3) is 0 Å². The van der Waals surface area contributed by atoms with Gasteiger partial charge in [-0.1, -0.05) is 13.0 Å². The van der Waals surface area contributed by atoms with Crippen molar-refractivity contribution in [2.75, 3.05) is 23.8 Å². The Balaban J connectivity index is 2.21. The number of aromatic nitrogens is 1. The number of hydrogen-bond acceptors (Lipinski definition) is 4. The van der Waals surface area contributed by atoms with Crippen molar-refractivity contribution in [3.05, 3.63) is 40.1 Å². The quantitative estimate of drug-likeness (QED) is 0.877. The predicted molar refractivity (Wildman–Crippen MR) is 79.4 cm³/mol. The molecule has 2 heterocycles. The molecule has 0 aliphatic rings. The summed E-state index contributed by atoms with van der Waals surface area (Å²) in [5.41, 5.74) is 0. The Morgan fingerprint density at radius 2 is 2.15 bits per heavy atom. The Labute approximate surface area is 121 Å². The highest BCUT2D eigenvalue weighted by Crippen LogP contribution is 2.23. The SMILES string of the molecule is CCCNc1nc(N(C)Cc2cccs2)c(F)cc1F. The van der Waals surface area contributed by atoms with E-state index in [1.807, 2.05) is 24.4 Å². The largest absolute Gasteiger partial charge is 0.368 e. The van der Waals surface area contributed by atoms with Crippen molar-refractivity contribution in [2.45, 2.75) is 19.9 Å². The molecule has 0 unspecified atom stereocenters. The van der Waals surface area contributed by atoms with Gasteiger partial charge in [-0.3, -0.25) is 0 Å². The Morgan fingerprint density at radius 3 is 2.80 bits per heavy atom. The van der Waals surface area contributed by atoms with Crippen LogP contribution in [0, 0.1) is 11.6 Å². The van der Waals surface area contributed by atoms with Crippen LogP contribution >= 0.6 is 11.3 Å². The Bertz CT molecular complexity index is 558. The first-order valence-corrected chi connectivity index (χ1v) is 7.33. The molecule has 0 fully saturated rings. The number of nitrogens with zero attached hydrogens (tertiary/aromatic N) is 2. The van der Waals surface area contributed by atoms with Gasteiger partial charge < -0.3 is 10.2 Å². The summed E-state index contributed by atoms with van der Waals surface area (Å²) in [6.45, 7) is 3.11. The minimum atomic E-state index is -0.663. The van der Waals surface area contributed by atoms with Crippen LogP contribution in [0.1, 0.15) is 18.2 Å². The van der Waals surface area contributed by atoms with Gasteiger partial charge >= 0.3 is 0 Å². The molecule has 0 radical (unpaired) electrons. The summed E-state index contributed by atoms with van der Waals surface area (Å²) in [6.07, 6.45) is 0.846. The lowest BCUT2D eigenvalue weighted by Crippen LogP contribution is -2.20. The maximum absolute atomic E-state index is 13.9. The highest BCUT2D eigenvalue weighted by atomic mass is 32.1. The van der Waals surface area contributed by atoms with Gasteiger partial charge in [-0.15, -0.1) is 11.3 Å². The summed E-state index contributed by atoms with van der Waals surface area (Å²) < 4.78 is 27.5. The Hall–Kier alpha value is -1.69. The summed E-state index contributed by atoms with van der Waals surface area (Å²) in [5, 5.41) is 4.83. The lowest BCUT2D eigenvalue weighted by molar-refractivity contribution is 0.572. The van der Waals surface area contributed by atoms with Gasteiger partial charge in [0.2, 0.25) is 0 Å². The number of pyridine rings is 1. The second-order valence-electron chi connectivity index (χ2n) is 4.49. The van der Waals surface area contributed by atoms with E-state index in [-0.39, 0.29) is 11.6 Å². The fourth-order valence-corrected chi connectivity index (χ4v) is 2.56. The fraction of sp³-hybridized carbons (Fsp3) is 0.357. The summed E-state index contributed by atoms with van der Waals surface area (Å²) in [6, 6.07) is 4.79. The number of anilines is 2. The summed E-state index contributed by atoms with van der Waals surface area (Å²) in [5.74, 6) is -1.06. The lowest BCUT2D eigenvalue weighted by Gasteiger charge is -2.19. The maximum Gasteiger partial charge on any atom is 0.168 e. The minimum Gasteiger partial charge on any atom is -0.368 e. The van der Waals surface area contributed by atoms with Crippen LogP contribution < -0.4 is 10.2 Å². The van der Waals surface area contributed by atoms with E-state index in [2.05, 4.69) is 10.3 Å². The minimum absolute atomic E-state index is 0.0984. The van der Waals surface area contributed by atoms with Crippen LogP contribution in [0.5, 0.6) is 0 Å². The standard InChI is InChI=1S/C14H17F2N3S/c1-3-6-17-13-11(15)8-12(16)14(18-13)19(2)9-10-5-4-7-20-10/h4-5,7-8H,3,6,9H2,1-2H3,(H,17,18). The third kappa shape index (κ3) is 3.45. The first kappa shape index (κ1) is 14.7. The second kappa shape index (κ2) is 6.65. The van der Waals surface area contributed by atoms with Crippen molar-refractivity contribution in [3.8, 4) is 0 Å². The molecule has 0 spiro atoms. The van der Waals surface area contributed by atoms with Crippen LogP contribution in [0.4, 0.5) is 20.4 Å². The van der Waals surface area contributed by atoms with Gasteiger partial charge in [-0.05, 0) is 17.9 Å². The van der Waals surface area contributed by atoms with Crippen molar-refractivity contribution < 1.29 is 8.78 Å². The van der Waals surface area contributed by atoms with Crippen molar-refractivity contribution in [2.24, 2.45) is 0 Å². The average molecular weight is 297 g/mol. The van der Waals surface area contributed by atoms with Crippen LogP contribution in [0.3, 0.4) is 0 Å². The molecule has 0 aliphatic carbocycles. The molecule has 0 bridgehead atoms. The van der Waals surface area contributed by atoms with E-state index in [0.717, 1.165) is 17.4 Å². The van der Waals surface area contributed by atoms with Crippen molar-refractivity contribution >= 4 is 23.0 Å². The van der Waals surface area contributed by atoms with Crippen LogP contribution in [0.15, 0.2) is 23.6 Å². The fourth-order valence-electron chi connectivity index (χ4n) is 1.80. The van der Waals surface area contributed by atoms with Crippen molar-refractivity contribution in [1.82, 2.24) is 4.98 Å². The average Bonchev–Trinajstić information content (AvgIpc) is 2.90. The molecule has 0 saturated heterocycles. The zero-order valence-electron chi connectivity index (χ0n) is 11.5. The molecular formula is C14H17F2N3S. The van der Waals surface area contributed by atoms with E-state index in [9.17, 15) is 8.78 Å². The van der Waals surface area contributed by atoms with Gasteiger partial charge in [0.25, 0.3) is 0 Å². The Morgan fingerprint density at radius 1 is 1.35 bits per heavy atom. The highest BCUT2D eigenvalue weighted by Gasteiger charge is 2.15. The molecule has 3 nitrogen and oxygen atoms in total. The van der Waals surface area contributed by atoms with E-state index >= 15 is 0 Å². The molecule has 0 amide bonds. The highest BCUT2D eigenvalue weighted by molar-refractivity contribution is 7.09. The number of nitrogens with one attached hydrogen (secondary N) is 1. The molecule has 2 aromatic heterocycles. The molecular weight excluding hydrogens is 280 g/mol. The van der Waals surface area contributed by atoms with Gasteiger partial charge in [-0.2, -0.15) is 0 Å². The molecule has 2 rings (SSSR count). The molecule has 6 heteroatoms. The van der Waals surface area contributed by atoms with E-state index < -0.39 is 11.6 Å². The summed E-state index contributed by atoms with van der Waals surface area (Å²) in [7, 11) is 1.74. The van der Waals surface area contributed by atoms with Crippen LogP contribution in [-0.2, 0) is 6.54 Å². The molecule has 0 atom stereocenters. The van der Waals surface area contributed by atoms with Gasteiger partial charge in [0.1, 0.15) is 0 Å². The smallest absolute Gasteiger partial charge is 0.168 e. The van der Waals surface area contributed by atoms with E-state index in [1.54, 1.807) is 23.3 Å². The van der Waals surface area contributed by atoms with Gasteiger partial charge in [0.05, 0.1) is 6.54 Å². The maximum atomic E-state index is 13.9. The molecule has 2 aromatic rings. The van der Waals surface area contributed by atoms with Crippen LogP contribution in [-0.4, -0.2) is 18.6 Å². The Kier molecular flexibility index (Phi) is 4.89.